The minimum Gasteiger partial charge on any atom is -0.496 e. The maximum Gasteiger partial charge on any atom is 0.237 e. The smallest absolute Gasteiger partial charge is 0.237 e. The predicted molar refractivity (Wildman–Crippen MR) is 113 cm³/mol. The summed E-state index contributed by atoms with van der Waals surface area (Å²) >= 11 is 0. The number of ether oxygens (including phenoxy) is 3. The van der Waals surface area contributed by atoms with Crippen LogP contribution in [0.5, 0.6) is 11.6 Å². The van der Waals surface area contributed by atoms with Gasteiger partial charge in [0.2, 0.25) is 11.7 Å². The van der Waals surface area contributed by atoms with Crippen LogP contribution in [0, 0.1) is 0 Å². The van der Waals surface area contributed by atoms with Crippen molar-refractivity contribution in [2.24, 2.45) is 0 Å². The molecule has 0 spiro atoms. The van der Waals surface area contributed by atoms with Gasteiger partial charge in [-0.2, -0.15) is 4.98 Å². The van der Waals surface area contributed by atoms with Crippen molar-refractivity contribution >= 4 is 11.6 Å². The third-order valence-corrected chi connectivity index (χ3v) is 6.71. The largest absolute Gasteiger partial charge is 0.496 e. The SMILES string of the molecule is COc1ccccc1C(=O)Cc1cn2cc(C34COC(C)(C3)C4)nc2nc1OC1CC1. The first kappa shape index (κ1) is 18.8. The van der Waals surface area contributed by atoms with Crippen molar-refractivity contribution in [3.63, 3.8) is 0 Å². The second-order valence-electron chi connectivity index (χ2n) is 9.39. The first-order valence-electron chi connectivity index (χ1n) is 10.8. The fourth-order valence-electron chi connectivity index (χ4n) is 5.06. The highest BCUT2D eigenvalue weighted by Gasteiger charge is 2.61. The minimum atomic E-state index is -0.0304. The van der Waals surface area contributed by atoms with E-state index in [9.17, 15) is 4.79 Å². The van der Waals surface area contributed by atoms with E-state index in [4.69, 9.17) is 24.2 Å². The Bertz CT molecular complexity index is 1190. The van der Waals surface area contributed by atoms with Gasteiger partial charge >= 0.3 is 0 Å². The molecule has 0 radical (unpaired) electrons. The van der Waals surface area contributed by atoms with Gasteiger partial charge in [0.15, 0.2) is 5.78 Å². The molecule has 2 aromatic heterocycles. The molecule has 31 heavy (non-hydrogen) atoms. The molecule has 4 heterocycles. The van der Waals surface area contributed by atoms with Gasteiger partial charge in [0.1, 0.15) is 11.9 Å². The maximum absolute atomic E-state index is 13.1. The lowest BCUT2D eigenvalue weighted by molar-refractivity contribution is 0.0154. The van der Waals surface area contributed by atoms with Gasteiger partial charge in [-0.05, 0) is 44.7 Å². The Balaban J connectivity index is 1.36. The second-order valence-corrected chi connectivity index (χ2v) is 9.39. The molecule has 0 atom stereocenters. The van der Waals surface area contributed by atoms with Crippen LogP contribution < -0.4 is 9.47 Å². The van der Waals surface area contributed by atoms with Gasteiger partial charge in [0, 0.05) is 29.8 Å². The fourth-order valence-corrected chi connectivity index (χ4v) is 5.06. The monoisotopic (exact) mass is 419 g/mol. The third kappa shape index (κ3) is 3.10. The summed E-state index contributed by atoms with van der Waals surface area (Å²) in [5.41, 5.74) is 2.33. The van der Waals surface area contributed by atoms with Gasteiger partial charge in [-0.15, -0.1) is 0 Å². The zero-order valence-electron chi connectivity index (χ0n) is 17.8. The standard InChI is InChI=1S/C24H25N3O4/c1-23-12-24(13-23,14-30-23)20-11-27-10-15(21(26-22(27)25-20)31-16-7-8-16)9-18(28)17-5-3-4-6-19(17)29-2/h3-6,10-11,16H,7-9,12-14H2,1-2H3. The van der Waals surface area contributed by atoms with Crippen molar-refractivity contribution in [3.05, 3.63) is 53.5 Å². The summed E-state index contributed by atoms with van der Waals surface area (Å²) in [6.45, 7) is 2.87. The lowest BCUT2D eigenvalue weighted by Crippen LogP contribution is -2.45. The van der Waals surface area contributed by atoms with Crippen LogP contribution >= 0.6 is 0 Å². The predicted octanol–water partition coefficient (Wildman–Crippen LogP) is 3.53. The van der Waals surface area contributed by atoms with Crippen LogP contribution in [0.1, 0.15) is 54.2 Å². The first-order valence-corrected chi connectivity index (χ1v) is 10.8. The number of methoxy groups -OCH3 is 1. The number of benzene rings is 1. The first-order chi connectivity index (χ1) is 15.0. The Labute approximate surface area is 180 Å². The molecular weight excluding hydrogens is 394 g/mol. The third-order valence-electron chi connectivity index (χ3n) is 6.71. The van der Waals surface area contributed by atoms with E-state index in [0.717, 1.165) is 36.9 Å². The zero-order valence-corrected chi connectivity index (χ0v) is 17.8. The van der Waals surface area contributed by atoms with E-state index in [1.807, 2.05) is 28.9 Å². The van der Waals surface area contributed by atoms with Gasteiger partial charge < -0.3 is 14.2 Å². The summed E-state index contributed by atoms with van der Waals surface area (Å²) in [6.07, 6.45) is 8.37. The molecule has 4 aliphatic rings. The van der Waals surface area contributed by atoms with Gasteiger partial charge in [0.25, 0.3) is 0 Å². The van der Waals surface area contributed by atoms with E-state index in [-0.39, 0.29) is 29.3 Å². The number of ketones is 1. The Hall–Kier alpha value is -2.93. The second kappa shape index (κ2) is 6.53. The normalized spacial score (nSPS) is 26.6. The summed E-state index contributed by atoms with van der Waals surface area (Å²) in [4.78, 5) is 22.6. The minimum absolute atomic E-state index is 0.00417. The summed E-state index contributed by atoms with van der Waals surface area (Å²) in [5, 5.41) is 0. The molecule has 2 saturated carbocycles. The molecule has 4 fully saturated rings. The topological polar surface area (TPSA) is 75.0 Å². The van der Waals surface area contributed by atoms with Crippen molar-refractivity contribution in [1.82, 2.24) is 14.4 Å². The van der Waals surface area contributed by atoms with E-state index in [1.54, 1.807) is 19.2 Å². The van der Waals surface area contributed by atoms with E-state index in [2.05, 4.69) is 6.92 Å². The molecule has 7 rings (SSSR count). The Morgan fingerprint density at radius 1 is 1.23 bits per heavy atom. The average Bonchev–Trinajstić information content (AvgIpc) is 3.21. The van der Waals surface area contributed by atoms with Crippen LogP contribution in [0.2, 0.25) is 0 Å². The molecule has 3 aromatic rings. The van der Waals surface area contributed by atoms with Crippen LogP contribution in [0.25, 0.3) is 5.78 Å². The van der Waals surface area contributed by atoms with E-state index < -0.39 is 0 Å². The van der Waals surface area contributed by atoms with Gasteiger partial charge in [-0.25, -0.2) is 4.98 Å². The van der Waals surface area contributed by atoms with Crippen LogP contribution in [-0.2, 0) is 16.6 Å². The molecule has 2 bridgehead atoms. The number of hydrogen-bond donors (Lipinski definition) is 0. The zero-order chi connectivity index (χ0) is 21.2. The molecule has 2 saturated heterocycles. The number of rotatable bonds is 7. The average molecular weight is 419 g/mol. The van der Waals surface area contributed by atoms with Gasteiger partial charge in [-0.3, -0.25) is 9.20 Å². The number of carbonyl (C=O) groups is 1. The van der Waals surface area contributed by atoms with Gasteiger partial charge in [-0.1, -0.05) is 12.1 Å². The van der Waals surface area contributed by atoms with Crippen LogP contribution in [0.4, 0.5) is 0 Å². The van der Waals surface area contributed by atoms with Crippen molar-refractivity contribution in [3.8, 4) is 11.6 Å². The quantitative estimate of drug-likeness (QED) is 0.546. The van der Waals surface area contributed by atoms with Crippen molar-refractivity contribution in [2.75, 3.05) is 13.7 Å². The van der Waals surface area contributed by atoms with Gasteiger partial charge in [0.05, 0.1) is 30.6 Å². The molecule has 7 heteroatoms. The number of Topliss-reactive ketones (excluding diaryl/α,β-unsaturated/α-hetero) is 1. The molecular formula is C24H25N3O4. The fraction of sp³-hybridized carbons (Fsp3) is 0.458. The molecule has 0 N–H and O–H groups in total. The lowest BCUT2D eigenvalue weighted by Gasteiger charge is -2.41. The molecule has 2 aliphatic heterocycles. The summed E-state index contributed by atoms with van der Waals surface area (Å²) in [5.74, 6) is 1.66. The number of nitrogens with zero attached hydrogens (tertiary/aromatic N) is 3. The molecule has 0 unspecified atom stereocenters. The number of aromatic nitrogens is 3. The summed E-state index contributed by atoms with van der Waals surface area (Å²) < 4.78 is 19.3. The number of hydrogen-bond acceptors (Lipinski definition) is 6. The molecule has 160 valence electrons. The summed E-state index contributed by atoms with van der Waals surface area (Å²) in [7, 11) is 1.58. The highest BCUT2D eigenvalue weighted by molar-refractivity contribution is 6.00. The van der Waals surface area contributed by atoms with Crippen LogP contribution in [0.3, 0.4) is 0 Å². The van der Waals surface area contributed by atoms with E-state index in [1.165, 1.54) is 0 Å². The van der Waals surface area contributed by atoms with Crippen molar-refractivity contribution < 1.29 is 19.0 Å². The number of carbonyl (C=O) groups excluding carboxylic acids is 1. The Kier molecular flexibility index (Phi) is 3.96. The molecule has 0 amide bonds. The number of para-hydroxylation sites is 1. The van der Waals surface area contributed by atoms with Crippen molar-refractivity contribution in [2.45, 2.75) is 56.1 Å². The summed E-state index contributed by atoms with van der Waals surface area (Å²) in [6, 6.07) is 7.29. The molecule has 2 aliphatic carbocycles. The number of fused-ring (bicyclic) bond motifs is 2. The lowest BCUT2D eigenvalue weighted by atomic mass is 9.62. The Morgan fingerprint density at radius 2 is 2.03 bits per heavy atom. The van der Waals surface area contributed by atoms with Crippen LogP contribution in [0.15, 0.2) is 36.7 Å². The highest BCUT2D eigenvalue weighted by Crippen LogP contribution is 2.58. The van der Waals surface area contributed by atoms with Crippen molar-refractivity contribution in [1.29, 1.82) is 0 Å². The van der Waals surface area contributed by atoms with E-state index in [0.29, 0.717) is 29.6 Å². The van der Waals surface area contributed by atoms with Crippen LogP contribution in [-0.4, -0.2) is 45.6 Å². The number of imidazole rings is 1. The molecule has 7 nitrogen and oxygen atoms in total. The van der Waals surface area contributed by atoms with E-state index >= 15 is 0 Å². The highest BCUT2D eigenvalue weighted by atomic mass is 16.5. The maximum atomic E-state index is 13.1. The Morgan fingerprint density at radius 3 is 2.74 bits per heavy atom. The molecule has 1 aromatic carbocycles.